The molecule has 0 atom stereocenters. The molecule has 0 aromatic heterocycles. The third-order valence-electron chi connectivity index (χ3n) is 4.28. The number of amides is 1. The Hall–Kier alpha value is -1.82. The number of hydrogen-bond acceptors (Lipinski definition) is 3. The van der Waals surface area contributed by atoms with Crippen molar-refractivity contribution < 1.29 is 18.4 Å². The van der Waals surface area contributed by atoms with E-state index in [0.717, 1.165) is 44.6 Å². The van der Waals surface area contributed by atoms with Crippen LogP contribution in [0.25, 0.3) is 0 Å². The Morgan fingerprint density at radius 3 is 2.58 bits per heavy atom. The molecule has 2 rings (SSSR count). The van der Waals surface area contributed by atoms with Crippen molar-refractivity contribution in [3.05, 3.63) is 35.4 Å². The monoisotopic (exact) mass is 338 g/mol. The minimum atomic E-state index is -0.877. The highest BCUT2D eigenvalue weighted by Crippen LogP contribution is 2.14. The van der Waals surface area contributed by atoms with Gasteiger partial charge >= 0.3 is 0 Å². The summed E-state index contributed by atoms with van der Waals surface area (Å²) >= 11 is 0. The molecular formula is C18H24F2N2O2. The van der Waals surface area contributed by atoms with Gasteiger partial charge in [0.25, 0.3) is 0 Å². The Labute approximate surface area is 141 Å². The van der Waals surface area contributed by atoms with Crippen LogP contribution in [0, 0.1) is 11.6 Å². The van der Waals surface area contributed by atoms with E-state index in [1.54, 1.807) is 4.90 Å². The number of carbonyl (C=O) groups excluding carboxylic acids is 2. The molecule has 1 aromatic rings. The van der Waals surface area contributed by atoms with Gasteiger partial charge in [-0.05, 0) is 38.1 Å². The molecule has 0 radical (unpaired) electrons. The molecule has 0 saturated carbocycles. The van der Waals surface area contributed by atoms with Gasteiger partial charge in [-0.3, -0.25) is 9.59 Å². The van der Waals surface area contributed by atoms with Gasteiger partial charge in [-0.25, -0.2) is 8.78 Å². The third kappa shape index (κ3) is 5.09. The molecule has 0 aliphatic carbocycles. The molecule has 4 nitrogen and oxygen atoms in total. The summed E-state index contributed by atoms with van der Waals surface area (Å²) in [5, 5.41) is 0. The molecule has 0 bridgehead atoms. The summed E-state index contributed by atoms with van der Waals surface area (Å²) in [6.07, 6.45) is 2.01. The zero-order valence-corrected chi connectivity index (χ0v) is 14.1. The highest BCUT2D eigenvalue weighted by molar-refractivity contribution is 5.98. The summed E-state index contributed by atoms with van der Waals surface area (Å²) in [6, 6.07) is 2.87. The van der Waals surface area contributed by atoms with Gasteiger partial charge in [-0.2, -0.15) is 0 Å². The topological polar surface area (TPSA) is 40.6 Å². The highest BCUT2D eigenvalue weighted by Gasteiger charge is 2.20. The first-order valence-corrected chi connectivity index (χ1v) is 8.49. The standard InChI is InChI=1S/C18H24F2N2O2/c1-2-8-21-9-3-10-22(12-11-21)18(24)7-6-17(23)15-5-4-14(19)13-16(15)20/h4-5,13H,2-3,6-12H2,1H3. The molecule has 0 spiro atoms. The van der Waals surface area contributed by atoms with Crippen LogP contribution in [0.1, 0.15) is 43.0 Å². The van der Waals surface area contributed by atoms with Crippen molar-refractivity contribution in [2.45, 2.75) is 32.6 Å². The lowest BCUT2D eigenvalue weighted by Gasteiger charge is -2.21. The van der Waals surface area contributed by atoms with Crippen LogP contribution in [0.3, 0.4) is 0 Å². The molecule has 1 fully saturated rings. The number of benzene rings is 1. The summed E-state index contributed by atoms with van der Waals surface area (Å²) < 4.78 is 26.5. The number of ketones is 1. The van der Waals surface area contributed by atoms with Gasteiger partial charge in [-0.1, -0.05) is 6.92 Å². The van der Waals surface area contributed by atoms with Gasteiger partial charge in [0.1, 0.15) is 11.6 Å². The van der Waals surface area contributed by atoms with Crippen LogP contribution in [0.2, 0.25) is 0 Å². The fourth-order valence-corrected chi connectivity index (χ4v) is 2.99. The normalized spacial score (nSPS) is 16.0. The number of Topliss-reactive ketones (excluding diaryl/α,β-unsaturated/α-hetero) is 1. The Morgan fingerprint density at radius 1 is 1.08 bits per heavy atom. The average molecular weight is 338 g/mol. The highest BCUT2D eigenvalue weighted by atomic mass is 19.1. The van der Waals surface area contributed by atoms with E-state index < -0.39 is 17.4 Å². The van der Waals surface area contributed by atoms with Gasteiger partial charge in [-0.15, -0.1) is 0 Å². The second-order valence-electron chi connectivity index (χ2n) is 6.12. The van der Waals surface area contributed by atoms with Crippen LogP contribution >= 0.6 is 0 Å². The van der Waals surface area contributed by atoms with Gasteiger partial charge in [0.05, 0.1) is 5.56 Å². The maximum absolute atomic E-state index is 13.6. The second-order valence-corrected chi connectivity index (χ2v) is 6.12. The molecule has 132 valence electrons. The van der Waals surface area contributed by atoms with Crippen molar-refractivity contribution in [3.63, 3.8) is 0 Å². The summed E-state index contributed by atoms with van der Waals surface area (Å²) in [6.45, 7) is 6.35. The zero-order chi connectivity index (χ0) is 17.5. The predicted octanol–water partition coefficient (Wildman–Crippen LogP) is 2.87. The lowest BCUT2D eigenvalue weighted by atomic mass is 10.1. The fourth-order valence-electron chi connectivity index (χ4n) is 2.99. The zero-order valence-electron chi connectivity index (χ0n) is 14.1. The van der Waals surface area contributed by atoms with Gasteiger partial charge in [0, 0.05) is 38.5 Å². The summed E-state index contributed by atoms with van der Waals surface area (Å²) in [5.74, 6) is -2.15. The maximum atomic E-state index is 13.6. The lowest BCUT2D eigenvalue weighted by Crippen LogP contribution is -2.35. The maximum Gasteiger partial charge on any atom is 0.223 e. The van der Waals surface area contributed by atoms with Gasteiger partial charge in [0.15, 0.2) is 5.78 Å². The van der Waals surface area contributed by atoms with Crippen molar-refractivity contribution in [2.75, 3.05) is 32.7 Å². The summed E-state index contributed by atoms with van der Waals surface area (Å²) in [7, 11) is 0. The Kier molecular flexibility index (Phi) is 6.85. The molecule has 24 heavy (non-hydrogen) atoms. The molecule has 6 heteroatoms. The number of nitrogens with zero attached hydrogens (tertiary/aromatic N) is 2. The first-order chi connectivity index (χ1) is 11.5. The van der Waals surface area contributed by atoms with Crippen molar-refractivity contribution in [1.29, 1.82) is 0 Å². The number of rotatable bonds is 6. The molecular weight excluding hydrogens is 314 g/mol. The second kappa shape index (κ2) is 8.87. The molecule has 1 aliphatic rings. The van der Waals surface area contributed by atoms with Gasteiger partial charge < -0.3 is 9.80 Å². The summed E-state index contributed by atoms with van der Waals surface area (Å²) in [4.78, 5) is 28.4. The molecule has 1 saturated heterocycles. The van der Waals surface area contributed by atoms with Crippen LogP contribution in [0.4, 0.5) is 8.78 Å². The van der Waals surface area contributed by atoms with E-state index >= 15 is 0 Å². The first-order valence-electron chi connectivity index (χ1n) is 8.49. The van der Waals surface area contributed by atoms with Gasteiger partial charge in [0.2, 0.25) is 5.91 Å². The predicted molar refractivity (Wildman–Crippen MR) is 87.9 cm³/mol. The number of halogens is 2. The van der Waals surface area contributed by atoms with E-state index in [4.69, 9.17) is 0 Å². The van der Waals surface area contributed by atoms with E-state index in [1.165, 1.54) is 0 Å². The Balaban J connectivity index is 1.85. The van der Waals surface area contributed by atoms with Crippen molar-refractivity contribution in [1.82, 2.24) is 9.80 Å². The largest absolute Gasteiger partial charge is 0.341 e. The number of hydrogen-bond donors (Lipinski definition) is 0. The third-order valence-corrected chi connectivity index (χ3v) is 4.28. The van der Waals surface area contributed by atoms with E-state index in [1.807, 2.05) is 0 Å². The van der Waals surface area contributed by atoms with Crippen molar-refractivity contribution in [2.24, 2.45) is 0 Å². The van der Waals surface area contributed by atoms with Crippen molar-refractivity contribution in [3.8, 4) is 0 Å². The lowest BCUT2D eigenvalue weighted by molar-refractivity contribution is -0.131. The minimum Gasteiger partial charge on any atom is -0.341 e. The summed E-state index contributed by atoms with van der Waals surface area (Å²) in [5.41, 5.74) is -0.158. The smallest absolute Gasteiger partial charge is 0.223 e. The van der Waals surface area contributed by atoms with E-state index in [2.05, 4.69) is 11.8 Å². The van der Waals surface area contributed by atoms with Crippen molar-refractivity contribution >= 4 is 11.7 Å². The van der Waals surface area contributed by atoms with Crippen LogP contribution in [0.15, 0.2) is 18.2 Å². The van der Waals surface area contributed by atoms with E-state index in [-0.39, 0.29) is 24.3 Å². The molecule has 0 N–H and O–H groups in total. The Bertz CT molecular complexity index is 592. The van der Waals surface area contributed by atoms with E-state index in [9.17, 15) is 18.4 Å². The van der Waals surface area contributed by atoms with Crippen LogP contribution < -0.4 is 0 Å². The fraction of sp³-hybridized carbons (Fsp3) is 0.556. The SMILES string of the molecule is CCCN1CCCN(C(=O)CCC(=O)c2ccc(F)cc2F)CC1. The number of carbonyl (C=O) groups is 2. The molecule has 1 heterocycles. The first kappa shape index (κ1) is 18.5. The molecule has 1 aromatic carbocycles. The minimum absolute atomic E-state index is 0.0590. The molecule has 1 aliphatic heterocycles. The average Bonchev–Trinajstić information content (AvgIpc) is 2.78. The molecule has 0 unspecified atom stereocenters. The van der Waals surface area contributed by atoms with Crippen LogP contribution in [-0.4, -0.2) is 54.2 Å². The van der Waals surface area contributed by atoms with Crippen LogP contribution in [-0.2, 0) is 4.79 Å². The quantitative estimate of drug-likeness (QED) is 0.749. The van der Waals surface area contributed by atoms with E-state index in [0.29, 0.717) is 19.2 Å². The Morgan fingerprint density at radius 2 is 1.88 bits per heavy atom. The molecule has 1 amide bonds. The van der Waals surface area contributed by atoms with Crippen LogP contribution in [0.5, 0.6) is 0 Å².